The van der Waals surface area contributed by atoms with Crippen molar-refractivity contribution in [1.82, 2.24) is 9.55 Å². The molecule has 1 aliphatic carbocycles. The van der Waals surface area contributed by atoms with Gasteiger partial charge in [-0.05, 0) is 30.4 Å². The van der Waals surface area contributed by atoms with Crippen molar-refractivity contribution < 1.29 is 15.4 Å². The molecule has 0 saturated heterocycles. The SMILES string of the molecule is O=[N+]([O-])O.OCc1cncn1C1CCCc2ccccc21. The highest BCUT2D eigenvalue weighted by molar-refractivity contribution is 5.33. The minimum Gasteiger partial charge on any atom is -0.390 e. The maximum Gasteiger partial charge on any atom is 0.291 e. The average molecular weight is 291 g/mol. The van der Waals surface area contributed by atoms with Crippen LogP contribution in [0.1, 0.15) is 35.7 Å². The highest BCUT2D eigenvalue weighted by atomic mass is 16.9. The smallest absolute Gasteiger partial charge is 0.291 e. The summed E-state index contributed by atoms with van der Waals surface area (Å²) in [6.07, 6.45) is 7.07. The van der Waals surface area contributed by atoms with Gasteiger partial charge in [0.25, 0.3) is 5.09 Å². The van der Waals surface area contributed by atoms with Crippen LogP contribution in [0, 0.1) is 10.1 Å². The third-order valence-electron chi connectivity index (χ3n) is 3.58. The van der Waals surface area contributed by atoms with Crippen molar-refractivity contribution in [1.29, 1.82) is 0 Å². The standard InChI is InChI=1S/C14H16N2O.HNO3/c17-9-12-8-15-10-16(12)14-7-3-5-11-4-1-2-6-13(11)14;2-1(3)4/h1-2,4,6,8,10,14,17H,3,5,7,9H2;(H,2,3,4). The Morgan fingerprint density at radius 2 is 2.14 bits per heavy atom. The molecule has 1 unspecified atom stereocenters. The molecular formula is C14H17N3O4. The molecule has 7 heteroatoms. The van der Waals surface area contributed by atoms with Crippen molar-refractivity contribution in [2.75, 3.05) is 0 Å². The molecule has 1 heterocycles. The van der Waals surface area contributed by atoms with E-state index in [1.54, 1.807) is 6.20 Å². The van der Waals surface area contributed by atoms with E-state index in [0.29, 0.717) is 6.04 Å². The van der Waals surface area contributed by atoms with E-state index in [9.17, 15) is 5.11 Å². The van der Waals surface area contributed by atoms with Gasteiger partial charge in [0.2, 0.25) is 0 Å². The van der Waals surface area contributed by atoms with Gasteiger partial charge in [-0.3, -0.25) is 0 Å². The Kier molecular flexibility index (Phi) is 4.89. The Morgan fingerprint density at radius 3 is 2.86 bits per heavy atom. The van der Waals surface area contributed by atoms with Crippen LogP contribution in [0.25, 0.3) is 0 Å². The molecule has 0 bridgehead atoms. The fraction of sp³-hybridized carbons (Fsp3) is 0.357. The molecule has 1 atom stereocenters. The molecule has 0 fully saturated rings. The first kappa shape index (κ1) is 15.0. The summed E-state index contributed by atoms with van der Waals surface area (Å²) < 4.78 is 2.11. The van der Waals surface area contributed by atoms with Gasteiger partial charge in [-0.2, -0.15) is 0 Å². The zero-order valence-electron chi connectivity index (χ0n) is 11.4. The summed E-state index contributed by atoms with van der Waals surface area (Å²) in [4.78, 5) is 12.5. The molecule has 0 spiro atoms. The highest BCUT2D eigenvalue weighted by Crippen LogP contribution is 2.33. The maximum absolute atomic E-state index is 9.33. The van der Waals surface area contributed by atoms with E-state index in [0.717, 1.165) is 18.5 Å². The molecule has 1 aliphatic rings. The molecule has 0 saturated carbocycles. The van der Waals surface area contributed by atoms with E-state index in [4.69, 9.17) is 15.3 Å². The van der Waals surface area contributed by atoms with Gasteiger partial charge < -0.3 is 14.9 Å². The number of rotatable bonds is 2. The van der Waals surface area contributed by atoms with Crippen LogP contribution < -0.4 is 0 Å². The topological polar surface area (TPSA) is 101 Å². The molecule has 3 rings (SSSR count). The lowest BCUT2D eigenvalue weighted by Crippen LogP contribution is -2.18. The van der Waals surface area contributed by atoms with Gasteiger partial charge in [-0.15, -0.1) is 10.1 Å². The van der Waals surface area contributed by atoms with Crippen LogP contribution in [-0.4, -0.2) is 25.0 Å². The largest absolute Gasteiger partial charge is 0.390 e. The van der Waals surface area contributed by atoms with E-state index in [2.05, 4.69) is 33.8 Å². The summed E-state index contributed by atoms with van der Waals surface area (Å²) in [5.74, 6) is 0. The number of aliphatic hydroxyl groups excluding tert-OH is 1. The van der Waals surface area contributed by atoms with Gasteiger partial charge in [-0.1, -0.05) is 24.3 Å². The maximum atomic E-state index is 9.33. The number of imidazole rings is 1. The second kappa shape index (κ2) is 6.85. The molecule has 7 nitrogen and oxygen atoms in total. The number of aryl methyl sites for hydroxylation is 1. The average Bonchev–Trinajstić information content (AvgIpc) is 2.94. The third-order valence-corrected chi connectivity index (χ3v) is 3.58. The summed E-state index contributed by atoms with van der Waals surface area (Å²) in [5.41, 5.74) is 3.71. The van der Waals surface area contributed by atoms with Crippen LogP contribution in [0.2, 0.25) is 0 Å². The van der Waals surface area contributed by atoms with Crippen molar-refractivity contribution in [3.05, 3.63) is 63.7 Å². The zero-order chi connectivity index (χ0) is 15.2. The summed E-state index contributed by atoms with van der Waals surface area (Å²) in [6, 6.07) is 8.93. The molecule has 0 radical (unpaired) electrons. The number of benzene rings is 1. The molecule has 21 heavy (non-hydrogen) atoms. The van der Waals surface area contributed by atoms with Gasteiger partial charge in [0.05, 0.1) is 30.9 Å². The second-order valence-electron chi connectivity index (χ2n) is 4.80. The number of aliphatic hydroxyl groups is 1. The van der Waals surface area contributed by atoms with Crippen molar-refractivity contribution in [2.45, 2.75) is 31.9 Å². The monoisotopic (exact) mass is 291 g/mol. The number of hydrogen-bond donors (Lipinski definition) is 2. The van der Waals surface area contributed by atoms with Gasteiger partial charge in [-0.25, -0.2) is 4.98 Å². The lowest BCUT2D eigenvalue weighted by atomic mass is 9.87. The fourth-order valence-electron chi connectivity index (χ4n) is 2.75. The second-order valence-corrected chi connectivity index (χ2v) is 4.80. The van der Waals surface area contributed by atoms with E-state index < -0.39 is 5.09 Å². The predicted molar refractivity (Wildman–Crippen MR) is 74.4 cm³/mol. The molecule has 1 aromatic heterocycles. The van der Waals surface area contributed by atoms with E-state index in [-0.39, 0.29) is 6.61 Å². The Morgan fingerprint density at radius 1 is 1.43 bits per heavy atom. The van der Waals surface area contributed by atoms with Crippen LogP contribution in [0.15, 0.2) is 36.8 Å². The van der Waals surface area contributed by atoms with Crippen molar-refractivity contribution in [3.63, 3.8) is 0 Å². The lowest BCUT2D eigenvalue weighted by molar-refractivity contribution is -0.742. The van der Waals surface area contributed by atoms with Crippen molar-refractivity contribution >= 4 is 0 Å². The minimum atomic E-state index is -1.50. The first-order valence-corrected chi connectivity index (χ1v) is 6.66. The summed E-state index contributed by atoms with van der Waals surface area (Å²) in [5, 5.41) is 23.0. The summed E-state index contributed by atoms with van der Waals surface area (Å²) in [7, 11) is 0. The van der Waals surface area contributed by atoms with Crippen LogP contribution >= 0.6 is 0 Å². The molecule has 0 amide bonds. The predicted octanol–water partition coefficient (Wildman–Crippen LogP) is 1.95. The number of hydrogen-bond acceptors (Lipinski definition) is 4. The Bertz CT molecular complexity index is 608. The molecular weight excluding hydrogens is 274 g/mol. The number of nitrogens with zero attached hydrogens (tertiary/aromatic N) is 3. The molecule has 112 valence electrons. The minimum absolute atomic E-state index is 0.0542. The van der Waals surface area contributed by atoms with E-state index in [1.165, 1.54) is 17.5 Å². The van der Waals surface area contributed by atoms with Gasteiger partial charge in [0.1, 0.15) is 0 Å². The number of aromatic nitrogens is 2. The first-order valence-electron chi connectivity index (χ1n) is 6.66. The van der Waals surface area contributed by atoms with Crippen molar-refractivity contribution in [2.24, 2.45) is 0 Å². The number of fused-ring (bicyclic) bond motifs is 1. The Hall–Kier alpha value is -2.41. The zero-order valence-corrected chi connectivity index (χ0v) is 11.4. The lowest BCUT2D eigenvalue weighted by Gasteiger charge is -2.27. The quantitative estimate of drug-likeness (QED) is 0.650. The summed E-state index contributed by atoms with van der Waals surface area (Å²) in [6.45, 7) is 0.0542. The third kappa shape index (κ3) is 3.57. The Labute approximate surface area is 121 Å². The molecule has 2 N–H and O–H groups in total. The van der Waals surface area contributed by atoms with Crippen LogP contribution in [0.3, 0.4) is 0 Å². The van der Waals surface area contributed by atoms with Crippen LogP contribution in [-0.2, 0) is 13.0 Å². The summed E-state index contributed by atoms with van der Waals surface area (Å²) >= 11 is 0. The van der Waals surface area contributed by atoms with E-state index in [1.807, 2.05) is 6.33 Å². The highest BCUT2D eigenvalue weighted by Gasteiger charge is 2.22. The van der Waals surface area contributed by atoms with Crippen molar-refractivity contribution in [3.8, 4) is 0 Å². The normalized spacial score (nSPS) is 16.5. The van der Waals surface area contributed by atoms with E-state index >= 15 is 0 Å². The van der Waals surface area contributed by atoms with Gasteiger partial charge >= 0.3 is 0 Å². The fourth-order valence-corrected chi connectivity index (χ4v) is 2.75. The van der Waals surface area contributed by atoms with Gasteiger partial charge in [0, 0.05) is 0 Å². The van der Waals surface area contributed by atoms with Gasteiger partial charge in [0.15, 0.2) is 0 Å². The first-order chi connectivity index (χ1) is 10.1. The molecule has 0 aliphatic heterocycles. The Balaban J connectivity index is 0.000000361. The molecule has 2 aromatic rings. The van der Waals surface area contributed by atoms with Crippen LogP contribution in [0.4, 0.5) is 0 Å². The molecule has 1 aromatic carbocycles. The van der Waals surface area contributed by atoms with Crippen LogP contribution in [0.5, 0.6) is 0 Å².